The molecule has 6 nitrogen and oxygen atoms in total. The Balaban J connectivity index is 2.13. The van der Waals surface area contributed by atoms with Crippen LogP contribution in [0.15, 0.2) is 35.7 Å². The minimum absolute atomic E-state index is 0.0211. The molecule has 0 saturated heterocycles. The monoisotopic (exact) mass is 359 g/mol. The van der Waals surface area contributed by atoms with E-state index in [4.69, 9.17) is 14.3 Å². The molecule has 2 unspecified atom stereocenters. The van der Waals surface area contributed by atoms with Crippen molar-refractivity contribution in [3.05, 3.63) is 41.7 Å². The Labute approximate surface area is 153 Å². The Bertz CT molecular complexity index is 752. The first-order valence-corrected chi connectivity index (χ1v) is 8.46. The van der Waals surface area contributed by atoms with Crippen LogP contribution in [0.5, 0.6) is 0 Å². The zero-order valence-electron chi connectivity index (χ0n) is 15.9. The van der Waals surface area contributed by atoms with Gasteiger partial charge in [0.2, 0.25) is 0 Å². The fourth-order valence-electron chi connectivity index (χ4n) is 2.91. The summed E-state index contributed by atoms with van der Waals surface area (Å²) in [5.41, 5.74) is 1.69. The Hall–Kier alpha value is -2.63. The average molecular weight is 359 g/mol. The van der Waals surface area contributed by atoms with Gasteiger partial charge in [-0.25, -0.2) is 4.79 Å². The number of benzene rings is 1. The van der Waals surface area contributed by atoms with Gasteiger partial charge in [0.25, 0.3) is 0 Å². The first-order valence-electron chi connectivity index (χ1n) is 8.46. The number of carbonyl (C=O) groups excluding carboxylic acids is 2. The lowest BCUT2D eigenvalue weighted by atomic mass is 9.98. The van der Waals surface area contributed by atoms with Crippen LogP contribution >= 0.6 is 0 Å². The quantitative estimate of drug-likeness (QED) is 0.234. The van der Waals surface area contributed by atoms with E-state index < -0.39 is 5.97 Å². The number of ketones is 1. The molecule has 0 amide bonds. The molecule has 0 N–H and O–H groups in total. The van der Waals surface area contributed by atoms with Crippen molar-refractivity contribution >= 4 is 23.0 Å². The van der Waals surface area contributed by atoms with Crippen LogP contribution in [-0.4, -0.2) is 31.7 Å². The largest absolute Gasteiger partial charge is 0.503 e. The SMILES string of the molecule is CO/C=C(/C(=O)OC)c1ccccc1CO/N=C(/C)C(=O)C1(C)CC1C. The molecule has 0 aliphatic heterocycles. The van der Waals surface area contributed by atoms with Crippen LogP contribution in [0.2, 0.25) is 0 Å². The molecule has 0 heterocycles. The van der Waals surface area contributed by atoms with E-state index in [2.05, 4.69) is 12.1 Å². The summed E-state index contributed by atoms with van der Waals surface area (Å²) < 4.78 is 9.79. The van der Waals surface area contributed by atoms with Gasteiger partial charge in [0.1, 0.15) is 17.9 Å². The molecule has 0 aromatic heterocycles. The summed E-state index contributed by atoms with van der Waals surface area (Å²) in [6, 6.07) is 7.23. The molecule has 1 aliphatic rings. The van der Waals surface area contributed by atoms with Gasteiger partial charge in [-0.05, 0) is 24.8 Å². The Morgan fingerprint density at radius 3 is 2.54 bits per heavy atom. The van der Waals surface area contributed by atoms with Gasteiger partial charge in [-0.2, -0.15) is 0 Å². The van der Waals surface area contributed by atoms with Gasteiger partial charge in [-0.3, -0.25) is 4.79 Å². The summed E-state index contributed by atoms with van der Waals surface area (Å²) >= 11 is 0. The second kappa shape index (κ2) is 8.17. The summed E-state index contributed by atoms with van der Waals surface area (Å²) in [4.78, 5) is 29.8. The predicted octanol–water partition coefficient (Wildman–Crippen LogP) is 3.35. The van der Waals surface area contributed by atoms with Gasteiger partial charge in [0.15, 0.2) is 5.78 Å². The maximum atomic E-state index is 12.4. The van der Waals surface area contributed by atoms with Gasteiger partial charge in [0.05, 0.1) is 20.5 Å². The number of hydrogen-bond acceptors (Lipinski definition) is 6. The van der Waals surface area contributed by atoms with Gasteiger partial charge in [0, 0.05) is 11.0 Å². The number of rotatable bonds is 8. The molecule has 1 aliphatic carbocycles. The van der Waals surface area contributed by atoms with Crippen LogP contribution in [0.25, 0.3) is 5.57 Å². The smallest absolute Gasteiger partial charge is 0.341 e. The average Bonchev–Trinajstić information content (AvgIpc) is 3.26. The highest BCUT2D eigenvalue weighted by molar-refractivity contribution is 6.41. The van der Waals surface area contributed by atoms with Crippen LogP contribution in [0.1, 0.15) is 38.3 Å². The number of nitrogens with zero attached hydrogens (tertiary/aromatic N) is 1. The third kappa shape index (κ3) is 4.12. The molecule has 1 saturated carbocycles. The van der Waals surface area contributed by atoms with Gasteiger partial charge < -0.3 is 14.3 Å². The Morgan fingerprint density at radius 2 is 1.96 bits per heavy atom. The van der Waals surface area contributed by atoms with Crippen molar-refractivity contribution in [2.24, 2.45) is 16.5 Å². The van der Waals surface area contributed by atoms with E-state index in [9.17, 15) is 9.59 Å². The number of hydrogen-bond donors (Lipinski definition) is 0. The Morgan fingerprint density at radius 1 is 1.31 bits per heavy atom. The van der Waals surface area contributed by atoms with Crippen LogP contribution in [0.3, 0.4) is 0 Å². The van der Waals surface area contributed by atoms with E-state index in [0.29, 0.717) is 17.2 Å². The molecule has 140 valence electrons. The first kappa shape index (κ1) is 19.7. The molecule has 0 spiro atoms. The first-order chi connectivity index (χ1) is 12.3. The lowest BCUT2D eigenvalue weighted by Crippen LogP contribution is -2.22. The van der Waals surface area contributed by atoms with E-state index in [1.165, 1.54) is 20.5 Å². The number of esters is 1. The standard InChI is InChI=1S/C20H25NO5/c1-13-10-20(13,3)18(22)14(2)21-26-11-15-8-6-7-9-16(15)17(12-24-4)19(23)25-5/h6-9,12-13H,10-11H2,1-5H3/b17-12+,21-14-. The summed E-state index contributed by atoms with van der Waals surface area (Å²) in [6.07, 6.45) is 2.21. The minimum atomic E-state index is -0.509. The minimum Gasteiger partial charge on any atom is -0.503 e. The number of carbonyl (C=O) groups is 2. The normalized spacial score (nSPS) is 22.6. The summed E-state index contributed by atoms with van der Waals surface area (Å²) in [7, 11) is 2.77. The molecular weight excluding hydrogens is 334 g/mol. The molecule has 26 heavy (non-hydrogen) atoms. The third-order valence-corrected chi connectivity index (χ3v) is 4.88. The maximum Gasteiger partial charge on any atom is 0.341 e. The highest BCUT2D eigenvalue weighted by atomic mass is 16.6. The van der Waals surface area contributed by atoms with E-state index in [0.717, 1.165) is 12.0 Å². The number of Topliss-reactive ketones (excluding diaryl/α,β-unsaturated/α-hetero) is 1. The molecular formula is C20H25NO5. The van der Waals surface area contributed by atoms with Crippen LogP contribution in [0.4, 0.5) is 0 Å². The topological polar surface area (TPSA) is 74.2 Å². The van der Waals surface area contributed by atoms with E-state index in [1.54, 1.807) is 19.1 Å². The van der Waals surface area contributed by atoms with E-state index in [-0.39, 0.29) is 23.4 Å². The summed E-state index contributed by atoms with van der Waals surface area (Å²) in [6.45, 7) is 5.78. The zero-order valence-corrected chi connectivity index (χ0v) is 15.9. The second-order valence-electron chi connectivity index (χ2n) is 6.72. The van der Waals surface area contributed by atoms with Crippen LogP contribution in [-0.2, 0) is 30.5 Å². The summed E-state index contributed by atoms with van der Waals surface area (Å²) in [5, 5.41) is 3.97. The Kier molecular flexibility index (Phi) is 6.18. The van der Waals surface area contributed by atoms with Gasteiger partial charge >= 0.3 is 5.97 Å². The molecule has 6 heteroatoms. The highest BCUT2D eigenvalue weighted by Gasteiger charge is 2.53. The highest BCUT2D eigenvalue weighted by Crippen LogP contribution is 2.52. The molecule has 2 rings (SSSR count). The van der Waals surface area contributed by atoms with E-state index in [1.807, 2.05) is 19.1 Å². The van der Waals surface area contributed by atoms with Crippen molar-refractivity contribution in [1.29, 1.82) is 0 Å². The molecule has 0 radical (unpaired) electrons. The van der Waals surface area contributed by atoms with Crippen molar-refractivity contribution in [3.63, 3.8) is 0 Å². The molecule has 1 aromatic carbocycles. The van der Waals surface area contributed by atoms with E-state index >= 15 is 0 Å². The van der Waals surface area contributed by atoms with Gasteiger partial charge in [-0.15, -0.1) is 0 Å². The summed E-state index contributed by atoms with van der Waals surface area (Å²) in [5.74, 6) is -0.111. The zero-order chi connectivity index (χ0) is 19.3. The van der Waals surface area contributed by atoms with Crippen molar-refractivity contribution in [3.8, 4) is 0 Å². The molecule has 1 aromatic rings. The fraction of sp³-hybridized carbons (Fsp3) is 0.450. The van der Waals surface area contributed by atoms with Crippen molar-refractivity contribution in [2.45, 2.75) is 33.8 Å². The number of methoxy groups -OCH3 is 2. The molecule has 1 fully saturated rings. The molecule has 2 atom stereocenters. The van der Waals surface area contributed by atoms with Crippen molar-refractivity contribution in [1.82, 2.24) is 0 Å². The number of ether oxygens (including phenoxy) is 2. The third-order valence-electron chi connectivity index (χ3n) is 4.88. The van der Waals surface area contributed by atoms with Crippen LogP contribution in [0, 0.1) is 11.3 Å². The van der Waals surface area contributed by atoms with Crippen LogP contribution < -0.4 is 0 Å². The van der Waals surface area contributed by atoms with Crippen molar-refractivity contribution in [2.75, 3.05) is 14.2 Å². The molecule has 0 bridgehead atoms. The lowest BCUT2D eigenvalue weighted by Gasteiger charge is -2.11. The van der Waals surface area contributed by atoms with Gasteiger partial charge in [-0.1, -0.05) is 43.3 Å². The van der Waals surface area contributed by atoms with Crippen molar-refractivity contribution < 1.29 is 23.9 Å². The predicted molar refractivity (Wildman–Crippen MR) is 98.2 cm³/mol. The fourth-order valence-corrected chi connectivity index (χ4v) is 2.91. The lowest BCUT2D eigenvalue weighted by molar-refractivity contribution is -0.133. The number of oxime groups is 1. The maximum absolute atomic E-state index is 12.4. The second-order valence-corrected chi connectivity index (χ2v) is 6.72.